The van der Waals surface area contributed by atoms with E-state index in [2.05, 4.69) is 37.4 Å². The second-order valence-corrected chi connectivity index (χ2v) is 6.11. The summed E-state index contributed by atoms with van der Waals surface area (Å²) in [5.74, 6) is 0. The van der Waals surface area contributed by atoms with E-state index in [0.29, 0.717) is 0 Å². The maximum atomic E-state index is 3.79. The lowest BCUT2D eigenvalue weighted by Crippen LogP contribution is -2.32. The van der Waals surface area contributed by atoms with Crippen LogP contribution < -0.4 is 5.32 Å². The maximum absolute atomic E-state index is 3.79. The van der Waals surface area contributed by atoms with Gasteiger partial charge in [0.25, 0.3) is 0 Å². The van der Waals surface area contributed by atoms with Gasteiger partial charge >= 0.3 is 0 Å². The van der Waals surface area contributed by atoms with Crippen molar-refractivity contribution >= 4 is 0 Å². The van der Waals surface area contributed by atoms with Crippen LogP contribution >= 0.6 is 0 Å². The van der Waals surface area contributed by atoms with Gasteiger partial charge in [0.2, 0.25) is 0 Å². The van der Waals surface area contributed by atoms with E-state index < -0.39 is 0 Å². The highest BCUT2D eigenvalue weighted by molar-refractivity contribution is 5.39. The van der Waals surface area contributed by atoms with Crippen LogP contribution in [-0.2, 0) is 0 Å². The summed E-state index contributed by atoms with van der Waals surface area (Å²) in [6.07, 6.45) is 17.6. The van der Waals surface area contributed by atoms with Crippen LogP contribution in [0.5, 0.6) is 0 Å². The van der Waals surface area contributed by atoms with E-state index in [1.165, 1.54) is 56.1 Å². The van der Waals surface area contributed by atoms with Crippen LogP contribution in [0.3, 0.4) is 0 Å². The van der Waals surface area contributed by atoms with Gasteiger partial charge in [-0.1, -0.05) is 56.4 Å². The smallest absolute Gasteiger partial charge is 0.0210 e. The van der Waals surface area contributed by atoms with Gasteiger partial charge in [0, 0.05) is 12.6 Å². The maximum Gasteiger partial charge on any atom is 0.0210 e. The zero-order valence-corrected chi connectivity index (χ0v) is 12.7. The molecule has 0 heterocycles. The number of nitrogens with one attached hydrogen (secondary N) is 1. The van der Waals surface area contributed by atoms with Gasteiger partial charge in [-0.2, -0.15) is 0 Å². The molecule has 0 spiro atoms. The van der Waals surface area contributed by atoms with E-state index in [0.717, 1.165) is 19.0 Å². The van der Waals surface area contributed by atoms with Crippen LogP contribution in [0.2, 0.25) is 0 Å². The second kappa shape index (κ2) is 7.69. The Morgan fingerprint density at radius 3 is 2.68 bits per heavy atom. The molecule has 106 valence electrons. The molecule has 1 saturated carbocycles. The third kappa shape index (κ3) is 4.65. The number of rotatable bonds is 5. The minimum atomic E-state index is 0.755. The van der Waals surface area contributed by atoms with Crippen molar-refractivity contribution in [1.29, 1.82) is 0 Å². The summed E-state index contributed by atoms with van der Waals surface area (Å²) in [6.45, 7) is 5.58. The van der Waals surface area contributed by atoms with Gasteiger partial charge in [0.1, 0.15) is 0 Å². The van der Waals surface area contributed by atoms with Crippen LogP contribution in [0.25, 0.3) is 0 Å². The van der Waals surface area contributed by atoms with Crippen LogP contribution in [0, 0.1) is 0 Å². The Morgan fingerprint density at radius 2 is 1.95 bits per heavy atom. The molecular formula is C18H29N. The standard InChI is InChI=1S/C18H29N/c1-3-8-16-10-7-9-15(2)13-17(16)14-19-18-11-5-4-6-12-18/h7,10,13,18-19H,3-6,8-9,11-12,14H2,1-2H3. The summed E-state index contributed by atoms with van der Waals surface area (Å²) in [6, 6.07) is 0.755. The molecule has 0 saturated heterocycles. The van der Waals surface area contributed by atoms with Gasteiger partial charge in [-0.25, -0.2) is 0 Å². The van der Waals surface area contributed by atoms with E-state index in [9.17, 15) is 0 Å². The Hall–Kier alpha value is -0.820. The molecule has 0 atom stereocenters. The Bertz CT molecular complexity index is 367. The van der Waals surface area contributed by atoms with Crippen molar-refractivity contribution < 1.29 is 0 Å². The summed E-state index contributed by atoms with van der Waals surface area (Å²) in [4.78, 5) is 0. The lowest BCUT2D eigenvalue weighted by Gasteiger charge is -2.23. The minimum absolute atomic E-state index is 0.755. The molecule has 1 N–H and O–H groups in total. The van der Waals surface area contributed by atoms with E-state index in [-0.39, 0.29) is 0 Å². The molecule has 0 aromatic heterocycles. The monoisotopic (exact) mass is 259 g/mol. The van der Waals surface area contributed by atoms with Crippen molar-refractivity contribution in [2.45, 2.75) is 71.3 Å². The molecule has 1 heteroatoms. The lowest BCUT2D eigenvalue weighted by atomic mass is 9.95. The van der Waals surface area contributed by atoms with Crippen molar-refractivity contribution in [3.63, 3.8) is 0 Å². The summed E-state index contributed by atoms with van der Waals surface area (Å²) >= 11 is 0. The van der Waals surface area contributed by atoms with Crippen molar-refractivity contribution in [1.82, 2.24) is 5.32 Å². The minimum Gasteiger partial charge on any atom is -0.310 e. The average Bonchev–Trinajstić information content (AvgIpc) is 2.60. The SMILES string of the molecule is CCCC1=C(CNC2CCCCC2)C=C(C)CC=C1. The molecule has 2 rings (SSSR count). The second-order valence-electron chi connectivity index (χ2n) is 6.11. The van der Waals surface area contributed by atoms with Crippen molar-refractivity contribution in [2.75, 3.05) is 6.54 Å². The lowest BCUT2D eigenvalue weighted by molar-refractivity contribution is 0.383. The van der Waals surface area contributed by atoms with Gasteiger partial charge in [0.15, 0.2) is 0 Å². The summed E-state index contributed by atoms with van der Waals surface area (Å²) < 4.78 is 0. The van der Waals surface area contributed by atoms with Crippen LogP contribution in [0.15, 0.2) is 34.9 Å². The third-order valence-electron chi connectivity index (χ3n) is 4.30. The zero-order chi connectivity index (χ0) is 13.5. The zero-order valence-electron chi connectivity index (χ0n) is 12.7. The van der Waals surface area contributed by atoms with E-state index in [1.54, 1.807) is 5.57 Å². The van der Waals surface area contributed by atoms with Crippen molar-refractivity contribution in [2.24, 2.45) is 0 Å². The Morgan fingerprint density at radius 1 is 1.16 bits per heavy atom. The Kier molecular flexibility index (Phi) is 5.91. The number of hydrogen-bond donors (Lipinski definition) is 1. The highest BCUT2D eigenvalue weighted by atomic mass is 14.9. The fraction of sp³-hybridized carbons (Fsp3) is 0.667. The predicted molar refractivity (Wildman–Crippen MR) is 84.3 cm³/mol. The first-order chi connectivity index (χ1) is 9.29. The molecule has 19 heavy (non-hydrogen) atoms. The molecule has 0 amide bonds. The Balaban J connectivity index is 2.00. The number of allylic oxidation sites excluding steroid dienone is 4. The highest BCUT2D eigenvalue weighted by Gasteiger charge is 2.13. The summed E-state index contributed by atoms with van der Waals surface area (Å²) in [5, 5.41) is 3.79. The van der Waals surface area contributed by atoms with Crippen LogP contribution in [0.1, 0.15) is 65.2 Å². The fourth-order valence-corrected chi connectivity index (χ4v) is 3.18. The first-order valence-corrected chi connectivity index (χ1v) is 8.08. The molecule has 2 aliphatic carbocycles. The Labute approximate surface area is 118 Å². The first-order valence-electron chi connectivity index (χ1n) is 8.08. The third-order valence-corrected chi connectivity index (χ3v) is 4.30. The quantitative estimate of drug-likeness (QED) is 0.739. The molecule has 1 fully saturated rings. The number of hydrogen-bond acceptors (Lipinski definition) is 1. The van der Waals surface area contributed by atoms with Gasteiger partial charge in [-0.3, -0.25) is 0 Å². The molecule has 2 aliphatic rings. The van der Waals surface area contributed by atoms with E-state index in [1.807, 2.05) is 0 Å². The molecule has 1 nitrogen and oxygen atoms in total. The average molecular weight is 259 g/mol. The van der Waals surface area contributed by atoms with Gasteiger partial charge in [0.05, 0.1) is 0 Å². The molecule has 0 aromatic rings. The van der Waals surface area contributed by atoms with Crippen molar-refractivity contribution in [3.05, 3.63) is 34.9 Å². The first kappa shape index (κ1) is 14.6. The summed E-state index contributed by atoms with van der Waals surface area (Å²) in [7, 11) is 0. The van der Waals surface area contributed by atoms with Crippen LogP contribution in [-0.4, -0.2) is 12.6 Å². The molecular weight excluding hydrogens is 230 g/mol. The van der Waals surface area contributed by atoms with E-state index in [4.69, 9.17) is 0 Å². The molecule has 0 radical (unpaired) electrons. The van der Waals surface area contributed by atoms with Gasteiger partial charge < -0.3 is 5.32 Å². The summed E-state index contributed by atoms with van der Waals surface area (Å²) in [5.41, 5.74) is 4.56. The molecule has 0 bridgehead atoms. The van der Waals surface area contributed by atoms with Gasteiger partial charge in [-0.15, -0.1) is 0 Å². The topological polar surface area (TPSA) is 12.0 Å². The highest BCUT2D eigenvalue weighted by Crippen LogP contribution is 2.22. The largest absolute Gasteiger partial charge is 0.310 e. The molecule has 0 unspecified atom stereocenters. The van der Waals surface area contributed by atoms with Crippen LogP contribution in [0.4, 0.5) is 0 Å². The molecule has 0 aromatic carbocycles. The van der Waals surface area contributed by atoms with Crippen molar-refractivity contribution in [3.8, 4) is 0 Å². The fourth-order valence-electron chi connectivity index (χ4n) is 3.18. The van der Waals surface area contributed by atoms with E-state index >= 15 is 0 Å². The predicted octanol–water partition coefficient (Wildman–Crippen LogP) is 4.91. The normalized spacial score (nSPS) is 21.5. The van der Waals surface area contributed by atoms with Gasteiger partial charge in [-0.05, 0) is 43.8 Å². The molecule has 0 aliphatic heterocycles.